The molecule has 1 saturated carbocycles. The molecule has 1 atom stereocenters. The van der Waals surface area contributed by atoms with Gasteiger partial charge in [0.2, 0.25) is 0 Å². The summed E-state index contributed by atoms with van der Waals surface area (Å²) in [7, 11) is -2.68. The Morgan fingerprint density at radius 1 is 1.00 bits per heavy atom. The van der Waals surface area contributed by atoms with Gasteiger partial charge in [-0.2, -0.15) is 0 Å². The molecule has 15 heavy (non-hydrogen) atoms. The van der Waals surface area contributed by atoms with Gasteiger partial charge in [-0.15, -0.1) is 0 Å². The van der Waals surface area contributed by atoms with Crippen LogP contribution >= 0.6 is 0 Å². The Bertz CT molecular complexity index is 294. The minimum atomic E-state index is -2.68. The Labute approximate surface area is 92.6 Å². The Kier molecular flexibility index (Phi) is 3.67. The molecule has 2 fully saturated rings. The zero-order valence-corrected chi connectivity index (χ0v) is 10.1. The van der Waals surface area contributed by atoms with Crippen molar-refractivity contribution in [2.45, 2.75) is 32.1 Å². The van der Waals surface area contributed by atoms with Gasteiger partial charge in [-0.3, -0.25) is 0 Å². The lowest BCUT2D eigenvalue weighted by molar-refractivity contribution is 0.448. The molecule has 0 aromatic carbocycles. The fraction of sp³-hybridized carbons (Fsp3) is 1.00. The van der Waals surface area contributed by atoms with E-state index in [2.05, 4.69) is 5.32 Å². The van der Waals surface area contributed by atoms with Crippen molar-refractivity contribution in [3.8, 4) is 0 Å². The number of rotatable bonds is 4. The van der Waals surface area contributed by atoms with E-state index in [1.54, 1.807) is 0 Å². The van der Waals surface area contributed by atoms with Gasteiger partial charge in [0.15, 0.2) is 9.84 Å². The summed E-state index contributed by atoms with van der Waals surface area (Å²) < 4.78 is 22.5. The van der Waals surface area contributed by atoms with Gasteiger partial charge in [0.25, 0.3) is 0 Å². The number of hydrogen-bond donors (Lipinski definition) is 1. The molecule has 4 heteroatoms. The summed E-state index contributed by atoms with van der Waals surface area (Å²) in [5.74, 6) is 2.03. The molecule has 0 bridgehead atoms. The first kappa shape index (κ1) is 11.4. The fourth-order valence-corrected chi connectivity index (χ4v) is 4.60. The van der Waals surface area contributed by atoms with Crippen molar-refractivity contribution >= 4 is 9.84 Å². The highest BCUT2D eigenvalue weighted by Gasteiger charge is 2.27. The zero-order chi connectivity index (χ0) is 10.7. The van der Waals surface area contributed by atoms with Crippen LogP contribution in [0.15, 0.2) is 0 Å². The summed E-state index contributed by atoms with van der Waals surface area (Å²) in [6, 6.07) is 0. The van der Waals surface area contributed by atoms with Crippen LogP contribution in [0, 0.1) is 11.8 Å². The minimum Gasteiger partial charge on any atom is -0.316 e. The maximum absolute atomic E-state index is 11.2. The molecule has 1 N–H and O–H groups in total. The van der Waals surface area contributed by atoms with Crippen LogP contribution in [0.5, 0.6) is 0 Å². The molecule has 3 nitrogen and oxygen atoms in total. The summed E-state index contributed by atoms with van der Waals surface area (Å²) >= 11 is 0. The average Bonchev–Trinajstić information content (AvgIpc) is 2.76. The lowest BCUT2D eigenvalue weighted by Gasteiger charge is -2.13. The Morgan fingerprint density at radius 3 is 2.27 bits per heavy atom. The van der Waals surface area contributed by atoms with Crippen LogP contribution in [-0.4, -0.2) is 33.0 Å². The molecule has 2 aliphatic rings. The molecule has 0 aromatic heterocycles. The Balaban J connectivity index is 1.62. The Hall–Kier alpha value is -0.0900. The monoisotopic (exact) mass is 231 g/mol. The smallest absolute Gasteiger partial charge is 0.150 e. The predicted octanol–water partition coefficient (Wildman–Crippen LogP) is 1.20. The van der Waals surface area contributed by atoms with Gasteiger partial charge in [0.05, 0.1) is 11.5 Å². The quantitative estimate of drug-likeness (QED) is 0.791. The molecule has 0 aromatic rings. The van der Waals surface area contributed by atoms with Gasteiger partial charge >= 0.3 is 0 Å². The highest BCUT2D eigenvalue weighted by Crippen LogP contribution is 2.24. The van der Waals surface area contributed by atoms with Crippen LogP contribution in [0.3, 0.4) is 0 Å². The number of hydrogen-bond acceptors (Lipinski definition) is 3. The average molecular weight is 231 g/mol. The molecule has 1 heterocycles. The van der Waals surface area contributed by atoms with Crippen molar-refractivity contribution in [2.24, 2.45) is 11.8 Å². The topological polar surface area (TPSA) is 46.2 Å². The van der Waals surface area contributed by atoms with Crippen LogP contribution in [0.4, 0.5) is 0 Å². The second-order valence-electron chi connectivity index (χ2n) is 5.08. The Morgan fingerprint density at radius 2 is 1.67 bits per heavy atom. The summed E-state index contributed by atoms with van der Waals surface area (Å²) in [6.45, 7) is 1.99. The van der Waals surface area contributed by atoms with E-state index in [0.29, 0.717) is 17.4 Å². The summed E-state index contributed by atoms with van der Waals surface area (Å²) in [4.78, 5) is 0. The molecular weight excluding hydrogens is 210 g/mol. The second kappa shape index (κ2) is 4.83. The van der Waals surface area contributed by atoms with Crippen LogP contribution < -0.4 is 5.32 Å². The third-order valence-electron chi connectivity index (χ3n) is 3.67. The third-order valence-corrected chi connectivity index (χ3v) is 5.50. The first-order valence-electron chi connectivity index (χ1n) is 6.07. The van der Waals surface area contributed by atoms with Gasteiger partial charge in [-0.05, 0) is 44.2 Å². The molecule has 2 rings (SSSR count). The number of nitrogens with one attached hydrogen (secondary N) is 1. The molecule has 1 saturated heterocycles. The van der Waals surface area contributed by atoms with E-state index in [1.165, 1.54) is 25.7 Å². The first-order valence-corrected chi connectivity index (χ1v) is 7.89. The van der Waals surface area contributed by atoms with E-state index in [-0.39, 0.29) is 0 Å². The molecule has 1 aliphatic heterocycles. The minimum absolute atomic E-state index is 0.372. The summed E-state index contributed by atoms with van der Waals surface area (Å²) in [5.41, 5.74) is 0. The highest BCUT2D eigenvalue weighted by atomic mass is 32.2. The molecule has 0 radical (unpaired) electrons. The molecule has 1 aliphatic carbocycles. The van der Waals surface area contributed by atoms with E-state index in [1.807, 2.05) is 0 Å². The zero-order valence-electron chi connectivity index (χ0n) is 9.24. The van der Waals surface area contributed by atoms with Crippen LogP contribution in [0.2, 0.25) is 0 Å². The maximum Gasteiger partial charge on any atom is 0.150 e. The fourth-order valence-electron chi connectivity index (χ4n) is 2.74. The van der Waals surface area contributed by atoms with Crippen molar-refractivity contribution in [2.75, 3.05) is 24.6 Å². The molecule has 0 spiro atoms. The van der Waals surface area contributed by atoms with Gasteiger partial charge in [0.1, 0.15) is 0 Å². The van der Waals surface area contributed by atoms with E-state index in [4.69, 9.17) is 0 Å². The molecular formula is C11H21NO2S. The molecule has 88 valence electrons. The van der Waals surface area contributed by atoms with Gasteiger partial charge in [-0.25, -0.2) is 8.42 Å². The van der Waals surface area contributed by atoms with Gasteiger partial charge in [0, 0.05) is 0 Å². The normalized spacial score (nSPS) is 31.1. The van der Waals surface area contributed by atoms with E-state index >= 15 is 0 Å². The first-order chi connectivity index (χ1) is 7.16. The SMILES string of the molecule is O=S1(=O)CCC(CNCC2CCCC2)C1. The summed E-state index contributed by atoms with van der Waals surface area (Å²) in [6.07, 6.45) is 6.33. The van der Waals surface area contributed by atoms with E-state index in [9.17, 15) is 8.42 Å². The van der Waals surface area contributed by atoms with E-state index in [0.717, 1.165) is 25.4 Å². The maximum atomic E-state index is 11.2. The van der Waals surface area contributed by atoms with Crippen molar-refractivity contribution < 1.29 is 8.42 Å². The van der Waals surface area contributed by atoms with Crippen LogP contribution in [0.1, 0.15) is 32.1 Å². The largest absolute Gasteiger partial charge is 0.316 e. The third kappa shape index (κ3) is 3.45. The molecule has 1 unspecified atom stereocenters. The molecule has 0 amide bonds. The number of sulfone groups is 1. The second-order valence-corrected chi connectivity index (χ2v) is 7.31. The van der Waals surface area contributed by atoms with Crippen LogP contribution in [-0.2, 0) is 9.84 Å². The van der Waals surface area contributed by atoms with E-state index < -0.39 is 9.84 Å². The van der Waals surface area contributed by atoms with Crippen molar-refractivity contribution in [1.29, 1.82) is 0 Å². The van der Waals surface area contributed by atoms with Gasteiger partial charge in [-0.1, -0.05) is 12.8 Å². The van der Waals surface area contributed by atoms with Crippen LogP contribution in [0.25, 0.3) is 0 Å². The van der Waals surface area contributed by atoms with Crippen molar-refractivity contribution in [3.05, 3.63) is 0 Å². The van der Waals surface area contributed by atoms with Crippen molar-refractivity contribution in [3.63, 3.8) is 0 Å². The lowest BCUT2D eigenvalue weighted by atomic mass is 10.1. The predicted molar refractivity (Wildman–Crippen MR) is 61.6 cm³/mol. The summed E-state index contributed by atoms with van der Waals surface area (Å²) in [5, 5.41) is 3.44. The highest BCUT2D eigenvalue weighted by molar-refractivity contribution is 7.91. The lowest BCUT2D eigenvalue weighted by Crippen LogP contribution is -2.27. The van der Waals surface area contributed by atoms with Gasteiger partial charge < -0.3 is 5.32 Å². The standard InChI is InChI=1S/C11H21NO2S/c13-15(14)6-5-11(9-15)8-12-7-10-3-1-2-4-10/h10-12H,1-9H2. The van der Waals surface area contributed by atoms with Crippen molar-refractivity contribution in [1.82, 2.24) is 5.32 Å².